The average Bonchev–Trinajstić information content (AvgIpc) is 3.25. The van der Waals surface area contributed by atoms with E-state index in [2.05, 4.69) is 0 Å². The predicted molar refractivity (Wildman–Crippen MR) is 137 cm³/mol. The number of hydrogen-bond acceptors (Lipinski definition) is 6. The minimum Gasteiger partial charge on any atom is -0.496 e. The van der Waals surface area contributed by atoms with Gasteiger partial charge in [-0.2, -0.15) is 0 Å². The molecule has 1 heterocycles. The second-order valence-corrected chi connectivity index (χ2v) is 7.89. The molecule has 0 aliphatic carbocycles. The van der Waals surface area contributed by atoms with Crippen LogP contribution in [0.5, 0.6) is 11.5 Å². The normalized spacial score (nSPS) is 13.2. The Kier molecular flexibility index (Phi) is 9.21. The molecule has 0 radical (unpaired) electrons. The van der Waals surface area contributed by atoms with Crippen LogP contribution in [0.15, 0.2) is 84.4 Å². The van der Waals surface area contributed by atoms with Crippen molar-refractivity contribution >= 4 is 29.7 Å². The Hall–Kier alpha value is -4.85. The zero-order chi connectivity index (χ0) is 26.8. The van der Waals surface area contributed by atoms with Crippen LogP contribution in [0.1, 0.15) is 22.3 Å². The summed E-state index contributed by atoms with van der Waals surface area (Å²) in [6, 6.07) is 21.8. The van der Waals surface area contributed by atoms with E-state index in [0.717, 1.165) is 11.1 Å². The van der Waals surface area contributed by atoms with Gasteiger partial charge in [-0.1, -0.05) is 60.7 Å². The topological polar surface area (TPSA) is 119 Å². The summed E-state index contributed by atoms with van der Waals surface area (Å²) in [6.07, 6.45) is 3.19. The fourth-order valence-electron chi connectivity index (χ4n) is 3.60. The second kappa shape index (κ2) is 12.7. The molecule has 1 aliphatic rings. The van der Waals surface area contributed by atoms with E-state index in [9.17, 15) is 14.4 Å². The van der Waals surface area contributed by atoms with Crippen LogP contribution in [0.25, 0.3) is 11.8 Å². The molecule has 8 nitrogen and oxygen atoms in total. The molecule has 0 saturated heterocycles. The van der Waals surface area contributed by atoms with E-state index in [1.807, 2.05) is 48.5 Å². The van der Waals surface area contributed by atoms with Crippen molar-refractivity contribution in [2.45, 2.75) is 12.8 Å². The maximum atomic E-state index is 12.2. The zero-order valence-corrected chi connectivity index (χ0v) is 20.3. The Morgan fingerprint density at radius 3 is 1.89 bits per heavy atom. The van der Waals surface area contributed by atoms with Crippen molar-refractivity contribution in [3.63, 3.8) is 0 Å². The molecule has 0 aromatic heterocycles. The van der Waals surface area contributed by atoms with E-state index in [-0.39, 0.29) is 12.8 Å². The van der Waals surface area contributed by atoms with Gasteiger partial charge in [0.2, 0.25) is 0 Å². The molecule has 3 aromatic rings. The number of ether oxygens (including phenoxy) is 3. The summed E-state index contributed by atoms with van der Waals surface area (Å²) in [5.74, 6) is -1.00. The highest BCUT2D eigenvalue weighted by molar-refractivity contribution is 6.05. The van der Waals surface area contributed by atoms with Crippen molar-refractivity contribution in [2.75, 3.05) is 14.2 Å². The molecule has 0 fully saturated rings. The van der Waals surface area contributed by atoms with Crippen molar-refractivity contribution < 1.29 is 38.8 Å². The van der Waals surface area contributed by atoms with Crippen LogP contribution >= 0.6 is 0 Å². The Balaban J connectivity index is 0.000000319. The monoisotopic (exact) mass is 502 g/mol. The first-order valence-electron chi connectivity index (χ1n) is 11.2. The summed E-state index contributed by atoms with van der Waals surface area (Å²) in [5, 5.41) is 17.5. The number of esters is 1. The smallest absolute Gasteiger partial charge is 0.343 e. The van der Waals surface area contributed by atoms with Gasteiger partial charge in [-0.3, -0.25) is 9.59 Å². The van der Waals surface area contributed by atoms with Gasteiger partial charge in [0.05, 0.1) is 32.6 Å². The van der Waals surface area contributed by atoms with Gasteiger partial charge < -0.3 is 24.4 Å². The lowest BCUT2D eigenvalue weighted by molar-refractivity contribution is -0.137. The highest BCUT2D eigenvalue weighted by Crippen LogP contribution is 2.33. The van der Waals surface area contributed by atoms with Gasteiger partial charge in [0.25, 0.3) is 0 Å². The molecule has 4 rings (SSSR count). The molecule has 8 heteroatoms. The third kappa shape index (κ3) is 7.57. The lowest BCUT2D eigenvalue weighted by Gasteiger charge is -2.13. The third-order valence-corrected chi connectivity index (χ3v) is 5.26. The van der Waals surface area contributed by atoms with Gasteiger partial charge in [-0.25, -0.2) is 4.79 Å². The Labute approximate surface area is 214 Å². The molecule has 0 amide bonds. The third-order valence-electron chi connectivity index (χ3n) is 5.26. The van der Waals surface area contributed by atoms with E-state index in [4.69, 9.17) is 24.4 Å². The van der Waals surface area contributed by atoms with Gasteiger partial charge in [-0.15, -0.1) is 0 Å². The first kappa shape index (κ1) is 26.7. The van der Waals surface area contributed by atoms with Crippen LogP contribution in [0.4, 0.5) is 0 Å². The SMILES string of the molecule is COc1cc(/C=C2/C=C(c3ccccc3)OC2=O)cc(OC)c1CC(=O)O.O=C(O)Cc1ccccc1. The van der Waals surface area contributed by atoms with Crippen LogP contribution in [-0.4, -0.2) is 42.3 Å². The van der Waals surface area contributed by atoms with E-state index in [1.54, 1.807) is 36.4 Å². The highest BCUT2D eigenvalue weighted by atomic mass is 16.5. The van der Waals surface area contributed by atoms with Crippen molar-refractivity contribution in [1.29, 1.82) is 0 Å². The zero-order valence-electron chi connectivity index (χ0n) is 20.3. The molecule has 37 heavy (non-hydrogen) atoms. The summed E-state index contributed by atoms with van der Waals surface area (Å²) in [7, 11) is 2.91. The molecule has 0 atom stereocenters. The molecule has 190 valence electrons. The number of cyclic esters (lactones) is 1. The van der Waals surface area contributed by atoms with Crippen molar-refractivity contribution in [1.82, 2.24) is 0 Å². The lowest BCUT2D eigenvalue weighted by Crippen LogP contribution is -2.05. The van der Waals surface area contributed by atoms with Gasteiger partial charge in [0.15, 0.2) is 0 Å². The quantitative estimate of drug-likeness (QED) is 0.338. The summed E-state index contributed by atoms with van der Waals surface area (Å²) in [5.41, 5.74) is 3.10. The van der Waals surface area contributed by atoms with Crippen LogP contribution in [-0.2, 0) is 32.0 Å². The number of benzene rings is 3. The predicted octanol–water partition coefficient (Wildman–Crippen LogP) is 4.63. The first-order valence-corrected chi connectivity index (χ1v) is 11.2. The summed E-state index contributed by atoms with van der Waals surface area (Å²) < 4.78 is 15.9. The van der Waals surface area contributed by atoms with Crippen molar-refractivity contribution in [3.05, 3.63) is 107 Å². The summed E-state index contributed by atoms with van der Waals surface area (Å²) >= 11 is 0. The molecule has 0 spiro atoms. The fraction of sp³-hybridized carbons (Fsp3) is 0.138. The number of methoxy groups -OCH3 is 2. The van der Waals surface area contributed by atoms with Crippen LogP contribution in [0, 0.1) is 0 Å². The number of hydrogen-bond donors (Lipinski definition) is 2. The standard InChI is InChI=1S/C21H18O6.C8H8O2/c1-25-18-9-13(10-19(26-2)16(18)12-20(22)23)8-15-11-17(27-21(15)24)14-6-4-3-5-7-14;9-8(10)6-7-4-2-1-3-5-7/h3-11H,12H2,1-2H3,(H,22,23);1-5H,6H2,(H,9,10)/b15-8-;. The maximum Gasteiger partial charge on any atom is 0.343 e. The van der Waals surface area contributed by atoms with Crippen molar-refractivity contribution in [2.24, 2.45) is 0 Å². The minimum atomic E-state index is -0.993. The Bertz CT molecular complexity index is 1300. The van der Waals surface area contributed by atoms with Crippen LogP contribution in [0.2, 0.25) is 0 Å². The summed E-state index contributed by atoms with van der Waals surface area (Å²) in [4.78, 5) is 33.5. The number of carboxylic acids is 2. The molecular formula is C29H26O8. The number of carbonyl (C=O) groups is 3. The molecule has 2 N–H and O–H groups in total. The van der Waals surface area contributed by atoms with Gasteiger partial charge in [0.1, 0.15) is 17.3 Å². The average molecular weight is 503 g/mol. The van der Waals surface area contributed by atoms with Crippen LogP contribution < -0.4 is 9.47 Å². The first-order chi connectivity index (χ1) is 17.8. The fourth-order valence-corrected chi connectivity index (χ4v) is 3.60. The van der Waals surface area contributed by atoms with E-state index in [0.29, 0.717) is 34.0 Å². The summed E-state index contributed by atoms with van der Waals surface area (Å²) in [6.45, 7) is 0. The Morgan fingerprint density at radius 2 is 1.38 bits per heavy atom. The van der Waals surface area contributed by atoms with E-state index >= 15 is 0 Å². The Morgan fingerprint density at radius 1 is 0.838 bits per heavy atom. The molecule has 0 bridgehead atoms. The van der Waals surface area contributed by atoms with Crippen LogP contribution in [0.3, 0.4) is 0 Å². The molecule has 0 unspecified atom stereocenters. The maximum absolute atomic E-state index is 12.2. The number of rotatable bonds is 8. The molecule has 0 saturated carbocycles. The number of carbonyl (C=O) groups excluding carboxylic acids is 1. The van der Waals surface area contributed by atoms with E-state index in [1.165, 1.54) is 14.2 Å². The second-order valence-electron chi connectivity index (χ2n) is 7.89. The minimum absolute atomic E-state index is 0.112. The number of carboxylic acid groups (broad SMARTS) is 2. The highest BCUT2D eigenvalue weighted by Gasteiger charge is 2.22. The molecule has 3 aromatic carbocycles. The van der Waals surface area contributed by atoms with Gasteiger partial charge in [0, 0.05) is 11.1 Å². The van der Waals surface area contributed by atoms with Gasteiger partial charge >= 0.3 is 17.9 Å². The lowest BCUT2D eigenvalue weighted by atomic mass is 10.0. The number of aliphatic carboxylic acids is 2. The van der Waals surface area contributed by atoms with Crippen molar-refractivity contribution in [3.8, 4) is 11.5 Å². The van der Waals surface area contributed by atoms with E-state index < -0.39 is 17.9 Å². The molecular weight excluding hydrogens is 476 g/mol. The molecule has 1 aliphatic heterocycles. The largest absolute Gasteiger partial charge is 0.496 e. The van der Waals surface area contributed by atoms with Gasteiger partial charge in [-0.05, 0) is 35.4 Å².